The lowest BCUT2D eigenvalue weighted by Gasteiger charge is -2.12. The second-order valence-corrected chi connectivity index (χ2v) is 5.68. The fraction of sp³-hybridized carbons (Fsp3) is 0.0588. The van der Waals surface area contributed by atoms with Gasteiger partial charge in [0.1, 0.15) is 17.8 Å². The number of halogens is 1. The maximum Gasteiger partial charge on any atom is 0.271 e. The molecule has 26 heavy (non-hydrogen) atoms. The number of amides is 1. The molecule has 4 N–H and O–H groups in total. The number of benzene rings is 1. The molecule has 0 unspecified atom stereocenters. The molecular formula is C17H15ClN6O2. The number of nitrogens with one attached hydrogen (secondary N) is 2. The lowest BCUT2D eigenvalue weighted by atomic mass is 10.2. The van der Waals surface area contributed by atoms with E-state index in [-0.39, 0.29) is 23.3 Å². The van der Waals surface area contributed by atoms with E-state index < -0.39 is 0 Å². The third-order valence-electron chi connectivity index (χ3n) is 3.41. The fourth-order valence-corrected chi connectivity index (χ4v) is 2.16. The summed E-state index contributed by atoms with van der Waals surface area (Å²) >= 11 is 6.00. The molecule has 0 saturated heterocycles. The van der Waals surface area contributed by atoms with Gasteiger partial charge in [-0.2, -0.15) is 4.98 Å². The second-order valence-electron chi connectivity index (χ2n) is 5.27. The van der Waals surface area contributed by atoms with Crippen LogP contribution in [0.15, 0.2) is 49.1 Å². The van der Waals surface area contributed by atoms with Gasteiger partial charge in [-0.1, -0.05) is 11.6 Å². The quantitative estimate of drug-likeness (QED) is 0.591. The number of nitrogens with zero attached hydrogens (tertiary/aromatic N) is 3. The summed E-state index contributed by atoms with van der Waals surface area (Å²) in [5.74, 6) is 0.507. The van der Waals surface area contributed by atoms with Gasteiger partial charge in [0.15, 0.2) is 5.82 Å². The number of ether oxygens (including phenoxy) is 1. The third-order valence-corrected chi connectivity index (χ3v) is 3.83. The Kier molecular flexibility index (Phi) is 5.14. The van der Waals surface area contributed by atoms with E-state index in [1.807, 2.05) is 6.92 Å². The van der Waals surface area contributed by atoms with Crippen molar-refractivity contribution in [2.45, 2.75) is 6.92 Å². The standard InChI is InChI=1S/C17H15ClN6O2/c1-10-7-12(4-5-13(10)18)26-17-14(19)15(21-9-22-17)23-24-16(25)11-3-2-6-20-8-11/h2-9H,19H2,1H3,(H,24,25)(H,21,22,23). The highest BCUT2D eigenvalue weighted by Crippen LogP contribution is 2.30. The van der Waals surface area contributed by atoms with Crippen molar-refractivity contribution in [3.63, 3.8) is 0 Å². The fourth-order valence-electron chi connectivity index (χ4n) is 2.04. The zero-order valence-electron chi connectivity index (χ0n) is 13.7. The summed E-state index contributed by atoms with van der Waals surface area (Å²) < 4.78 is 5.68. The van der Waals surface area contributed by atoms with E-state index in [1.54, 1.807) is 36.5 Å². The molecule has 9 heteroatoms. The molecule has 0 aliphatic heterocycles. The van der Waals surface area contributed by atoms with Gasteiger partial charge in [0.05, 0.1) is 5.56 Å². The SMILES string of the molecule is Cc1cc(Oc2ncnc(NNC(=O)c3cccnc3)c2N)ccc1Cl. The maximum absolute atomic E-state index is 12.0. The van der Waals surface area contributed by atoms with Crippen molar-refractivity contribution in [1.82, 2.24) is 20.4 Å². The maximum atomic E-state index is 12.0. The van der Waals surface area contributed by atoms with Crippen molar-refractivity contribution in [3.8, 4) is 11.6 Å². The topological polar surface area (TPSA) is 115 Å². The summed E-state index contributed by atoms with van der Waals surface area (Å²) in [5.41, 5.74) is 12.6. The summed E-state index contributed by atoms with van der Waals surface area (Å²) in [6.45, 7) is 1.86. The van der Waals surface area contributed by atoms with Gasteiger partial charge in [-0.25, -0.2) is 4.98 Å². The predicted octanol–water partition coefficient (Wildman–Crippen LogP) is 2.96. The van der Waals surface area contributed by atoms with Crippen LogP contribution in [0.1, 0.15) is 15.9 Å². The first-order chi connectivity index (χ1) is 12.5. The van der Waals surface area contributed by atoms with E-state index in [9.17, 15) is 4.79 Å². The highest BCUT2D eigenvalue weighted by molar-refractivity contribution is 6.31. The highest BCUT2D eigenvalue weighted by atomic mass is 35.5. The minimum absolute atomic E-state index is 0.145. The van der Waals surface area contributed by atoms with Crippen LogP contribution in [0.25, 0.3) is 0 Å². The smallest absolute Gasteiger partial charge is 0.271 e. The molecule has 8 nitrogen and oxygen atoms in total. The monoisotopic (exact) mass is 370 g/mol. The first-order valence-corrected chi connectivity index (χ1v) is 7.93. The van der Waals surface area contributed by atoms with Gasteiger partial charge in [0.25, 0.3) is 5.91 Å². The van der Waals surface area contributed by atoms with Crippen LogP contribution in [0, 0.1) is 6.92 Å². The van der Waals surface area contributed by atoms with Gasteiger partial charge in [-0.05, 0) is 42.8 Å². The Bertz CT molecular complexity index is 936. The van der Waals surface area contributed by atoms with Crippen molar-refractivity contribution < 1.29 is 9.53 Å². The summed E-state index contributed by atoms with van der Waals surface area (Å²) in [4.78, 5) is 23.9. The number of carbonyl (C=O) groups is 1. The van der Waals surface area contributed by atoms with Gasteiger partial charge in [-0.3, -0.25) is 20.6 Å². The molecule has 0 aliphatic carbocycles. The molecule has 2 heterocycles. The van der Waals surface area contributed by atoms with E-state index in [4.69, 9.17) is 22.1 Å². The molecule has 0 fully saturated rings. The molecule has 1 aromatic carbocycles. The van der Waals surface area contributed by atoms with Gasteiger partial charge in [0, 0.05) is 17.4 Å². The van der Waals surface area contributed by atoms with E-state index in [2.05, 4.69) is 25.8 Å². The number of hydrogen-bond donors (Lipinski definition) is 3. The molecule has 3 aromatic rings. The minimum atomic E-state index is -0.382. The van der Waals surface area contributed by atoms with Crippen LogP contribution in [0.4, 0.5) is 11.5 Å². The Hall–Kier alpha value is -3.39. The average Bonchev–Trinajstić information content (AvgIpc) is 2.66. The van der Waals surface area contributed by atoms with E-state index in [0.29, 0.717) is 16.3 Å². The Labute approximate surface area is 154 Å². The van der Waals surface area contributed by atoms with Crippen molar-refractivity contribution >= 4 is 29.0 Å². The molecule has 132 valence electrons. The van der Waals surface area contributed by atoms with Crippen LogP contribution >= 0.6 is 11.6 Å². The van der Waals surface area contributed by atoms with Gasteiger partial charge in [-0.15, -0.1) is 0 Å². The molecule has 0 atom stereocenters. The van der Waals surface area contributed by atoms with Gasteiger partial charge < -0.3 is 10.5 Å². The van der Waals surface area contributed by atoms with Crippen LogP contribution in [0.3, 0.4) is 0 Å². The van der Waals surface area contributed by atoms with E-state index in [0.717, 1.165) is 5.56 Å². The number of aromatic nitrogens is 3. The Morgan fingerprint density at radius 2 is 2.12 bits per heavy atom. The predicted molar refractivity (Wildman–Crippen MR) is 98.0 cm³/mol. The van der Waals surface area contributed by atoms with Crippen molar-refractivity contribution in [1.29, 1.82) is 0 Å². The summed E-state index contributed by atoms with van der Waals surface area (Å²) in [6.07, 6.45) is 4.29. The third kappa shape index (κ3) is 3.98. The number of aryl methyl sites for hydroxylation is 1. The molecule has 0 aliphatic rings. The number of carbonyl (C=O) groups excluding carboxylic acids is 1. The highest BCUT2D eigenvalue weighted by Gasteiger charge is 2.12. The number of pyridine rings is 1. The zero-order chi connectivity index (χ0) is 18.5. The number of rotatable bonds is 5. The summed E-state index contributed by atoms with van der Waals surface area (Å²) in [7, 11) is 0. The van der Waals surface area contributed by atoms with Crippen LogP contribution in [-0.2, 0) is 0 Å². The van der Waals surface area contributed by atoms with Crippen LogP contribution in [-0.4, -0.2) is 20.9 Å². The Morgan fingerprint density at radius 3 is 2.85 bits per heavy atom. The largest absolute Gasteiger partial charge is 0.437 e. The molecule has 3 rings (SSSR count). The lowest BCUT2D eigenvalue weighted by molar-refractivity contribution is 0.0962. The van der Waals surface area contributed by atoms with E-state index >= 15 is 0 Å². The number of nitrogen functional groups attached to an aromatic ring is 1. The zero-order valence-corrected chi connectivity index (χ0v) is 14.5. The van der Waals surface area contributed by atoms with Gasteiger partial charge in [0.2, 0.25) is 5.88 Å². The van der Waals surface area contributed by atoms with Crippen molar-refractivity contribution in [3.05, 3.63) is 65.2 Å². The molecule has 0 radical (unpaired) electrons. The molecular weight excluding hydrogens is 356 g/mol. The summed E-state index contributed by atoms with van der Waals surface area (Å²) in [5, 5.41) is 0.633. The van der Waals surface area contributed by atoms with Crippen LogP contribution < -0.4 is 21.3 Å². The van der Waals surface area contributed by atoms with E-state index in [1.165, 1.54) is 12.5 Å². The van der Waals surface area contributed by atoms with Gasteiger partial charge >= 0.3 is 0 Å². The number of hydrazine groups is 1. The Balaban J connectivity index is 1.72. The first-order valence-electron chi connectivity index (χ1n) is 7.55. The molecule has 0 bridgehead atoms. The number of anilines is 2. The molecule has 2 aromatic heterocycles. The summed E-state index contributed by atoms with van der Waals surface area (Å²) in [6, 6.07) is 8.48. The average molecular weight is 371 g/mol. The second kappa shape index (κ2) is 7.66. The van der Waals surface area contributed by atoms with Crippen molar-refractivity contribution in [2.24, 2.45) is 0 Å². The normalized spacial score (nSPS) is 10.2. The molecule has 1 amide bonds. The molecule has 0 saturated carbocycles. The van der Waals surface area contributed by atoms with Crippen LogP contribution in [0.5, 0.6) is 11.6 Å². The number of hydrogen-bond acceptors (Lipinski definition) is 7. The molecule has 0 spiro atoms. The van der Waals surface area contributed by atoms with Crippen molar-refractivity contribution in [2.75, 3.05) is 11.2 Å². The Morgan fingerprint density at radius 1 is 1.27 bits per heavy atom. The number of nitrogens with two attached hydrogens (primary N) is 1. The lowest BCUT2D eigenvalue weighted by Crippen LogP contribution is -2.30. The first kappa shape index (κ1) is 17.4. The minimum Gasteiger partial charge on any atom is -0.437 e. The van der Waals surface area contributed by atoms with Crippen LogP contribution in [0.2, 0.25) is 5.02 Å².